The molecule has 120 valence electrons. The van der Waals surface area contributed by atoms with E-state index in [0.29, 0.717) is 0 Å². The molecular weight excluding hydrogens is 345 g/mol. The number of hydrogen-bond acceptors (Lipinski definition) is 6. The number of anilines is 2. The summed E-state index contributed by atoms with van der Waals surface area (Å²) in [6.45, 7) is 0. The van der Waals surface area contributed by atoms with Gasteiger partial charge in [-0.05, 0) is 36.4 Å². The third-order valence-electron chi connectivity index (χ3n) is 3.45. The molecule has 7 heteroatoms. The fraction of sp³-hybridized carbons (Fsp3) is 0.0588. The van der Waals surface area contributed by atoms with Crippen LogP contribution in [-0.2, 0) is 0 Å². The van der Waals surface area contributed by atoms with Gasteiger partial charge in [0.1, 0.15) is 11.6 Å². The molecule has 0 unspecified atom stereocenters. The van der Waals surface area contributed by atoms with E-state index in [4.69, 9.17) is 4.74 Å². The molecule has 0 atom stereocenters. The molecule has 1 N–H and O–H groups in total. The minimum absolute atomic E-state index is 0.253. The zero-order valence-corrected chi connectivity index (χ0v) is 14.2. The van der Waals surface area contributed by atoms with Gasteiger partial charge in [0.2, 0.25) is 0 Å². The fourth-order valence-electron chi connectivity index (χ4n) is 2.26. The van der Waals surface area contributed by atoms with Gasteiger partial charge >= 0.3 is 0 Å². The first-order valence-corrected chi connectivity index (χ1v) is 8.84. The number of ether oxygens (including phenoxy) is 1. The van der Waals surface area contributed by atoms with Crippen molar-refractivity contribution in [2.45, 2.75) is 0 Å². The molecular formula is C17H12FN3OS2. The number of hydrogen-bond donors (Lipinski definition) is 1. The highest BCUT2D eigenvalue weighted by Crippen LogP contribution is 2.32. The first kappa shape index (κ1) is 15.0. The van der Waals surface area contributed by atoms with E-state index in [1.165, 1.54) is 23.5 Å². The maximum absolute atomic E-state index is 13.0. The lowest BCUT2D eigenvalue weighted by atomic mass is 10.2. The molecule has 2 aromatic heterocycles. The second-order valence-electron chi connectivity index (χ2n) is 5.02. The maximum Gasteiger partial charge on any atom is 0.190 e. The summed E-state index contributed by atoms with van der Waals surface area (Å²) in [6, 6.07) is 12.1. The molecule has 0 amide bonds. The Balaban J connectivity index is 1.58. The Morgan fingerprint density at radius 2 is 1.88 bits per heavy atom. The molecule has 0 bridgehead atoms. The molecule has 0 aliphatic rings. The van der Waals surface area contributed by atoms with Gasteiger partial charge in [-0.2, -0.15) is 0 Å². The average molecular weight is 357 g/mol. The number of benzene rings is 2. The average Bonchev–Trinajstić information content (AvgIpc) is 3.21. The number of nitrogens with one attached hydrogen (secondary N) is 1. The van der Waals surface area contributed by atoms with E-state index in [1.807, 2.05) is 23.6 Å². The number of fused-ring (bicyclic) bond motifs is 1. The number of halogens is 1. The van der Waals surface area contributed by atoms with Crippen LogP contribution in [0.4, 0.5) is 14.7 Å². The molecule has 0 aliphatic heterocycles. The summed E-state index contributed by atoms with van der Waals surface area (Å²) >= 11 is 3.04. The van der Waals surface area contributed by atoms with Gasteiger partial charge in [-0.15, -0.1) is 11.3 Å². The van der Waals surface area contributed by atoms with Crippen LogP contribution in [0.25, 0.3) is 21.5 Å². The molecule has 4 rings (SSSR count). The summed E-state index contributed by atoms with van der Waals surface area (Å²) in [4.78, 5) is 9.09. The third-order valence-corrected chi connectivity index (χ3v) is 5.16. The third kappa shape index (κ3) is 2.95. The molecule has 2 aromatic carbocycles. The van der Waals surface area contributed by atoms with E-state index in [1.54, 1.807) is 30.6 Å². The number of aromatic nitrogens is 2. The van der Waals surface area contributed by atoms with Gasteiger partial charge in [-0.1, -0.05) is 11.3 Å². The molecule has 24 heavy (non-hydrogen) atoms. The first-order valence-electron chi connectivity index (χ1n) is 7.14. The van der Waals surface area contributed by atoms with Crippen LogP contribution in [0.5, 0.6) is 5.75 Å². The molecule has 4 nitrogen and oxygen atoms in total. The summed E-state index contributed by atoms with van der Waals surface area (Å²) in [6.07, 6.45) is 0. The molecule has 2 heterocycles. The van der Waals surface area contributed by atoms with Gasteiger partial charge in [0, 0.05) is 17.0 Å². The van der Waals surface area contributed by atoms with Crippen molar-refractivity contribution in [3.8, 4) is 17.0 Å². The van der Waals surface area contributed by atoms with Crippen LogP contribution in [0.3, 0.4) is 0 Å². The smallest absolute Gasteiger partial charge is 0.190 e. The van der Waals surface area contributed by atoms with Crippen LogP contribution in [0.1, 0.15) is 0 Å². The number of methoxy groups -OCH3 is 1. The van der Waals surface area contributed by atoms with Gasteiger partial charge < -0.3 is 10.1 Å². The van der Waals surface area contributed by atoms with E-state index >= 15 is 0 Å². The quantitative estimate of drug-likeness (QED) is 0.537. The second kappa shape index (κ2) is 6.18. The van der Waals surface area contributed by atoms with Crippen molar-refractivity contribution in [3.63, 3.8) is 0 Å². The van der Waals surface area contributed by atoms with Crippen LogP contribution in [0, 0.1) is 5.82 Å². The summed E-state index contributed by atoms with van der Waals surface area (Å²) in [7, 11) is 1.64. The Kier molecular flexibility index (Phi) is 3.87. The SMILES string of the molecule is COc1ccc2sc(Nc3nc(-c4ccc(F)cc4)cs3)nc2c1. The lowest BCUT2D eigenvalue weighted by Crippen LogP contribution is -1.88. The Hall–Kier alpha value is -2.51. The molecule has 0 saturated heterocycles. The lowest BCUT2D eigenvalue weighted by molar-refractivity contribution is 0.415. The fourth-order valence-corrected chi connectivity index (χ4v) is 3.89. The van der Waals surface area contributed by atoms with Crippen molar-refractivity contribution in [1.29, 1.82) is 0 Å². The van der Waals surface area contributed by atoms with Gasteiger partial charge in [0.25, 0.3) is 0 Å². The van der Waals surface area contributed by atoms with E-state index in [-0.39, 0.29) is 5.82 Å². The van der Waals surface area contributed by atoms with Gasteiger partial charge in [-0.25, -0.2) is 14.4 Å². The van der Waals surface area contributed by atoms with Crippen LogP contribution in [0.15, 0.2) is 47.8 Å². The highest BCUT2D eigenvalue weighted by atomic mass is 32.1. The van der Waals surface area contributed by atoms with Crippen LogP contribution in [-0.4, -0.2) is 17.1 Å². The van der Waals surface area contributed by atoms with Crippen LogP contribution >= 0.6 is 22.7 Å². The van der Waals surface area contributed by atoms with Gasteiger partial charge in [0.15, 0.2) is 10.3 Å². The van der Waals surface area contributed by atoms with Gasteiger partial charge in [-0.3, -0.25) is 0 Å². The summed E-state index contributed by atoms with van der Waals surface area (Å²) in [5, 5.41) is 6.70. The molecule has 0 radical (unpaired) electrons. The Morgan fingerprint density at radius 1 is 1.04 bits per heavy atom. The van der Waals surface area contributed by atoms with Crippen molar-refractivity contribution < 1.29 is 9.13 Å². The summed E-state index contributed by atoms with van der Waals surface area (Å²) in [5.74, 6) is 0.532. The minimum atomic E-state index is -0.253. The van der Waals surface area contributed by atoms with E-state index in [2.05, 4.69) is 15.3 Å². The van der Waals surface area contributed by atoms with E-state index < -0.39 is 0 Å². The Bertz CT molecular complexity index is 995. The van der Waals surface area contributed by atoms with Crippen LogP contribution < -0.4 is 10.1 Å². The monoisotopic (exact) mass is 357 g/mol. The normalized spacial score (nSPS) is 10.9. The van der Waals surface area contributed by atoms with E-state index in [0.717, 1.165) is 37.5 Å². The van der Waals surface area contributed by atoms with Gasteiger partial charge in [0.05, 0.1) is 23.0 Å². The Labute approximate surface area is 145 Å². The largest absolute Gasteiger partial charge is 0.497 e. The topological polar surface area (TPSA) is 47.0 Å². The first-order chi connectivity index (χ1) is 11.7. The maximum atomic E-state index is 13.0. The lowest BCUT2D eigenvalue weighted by Gasteiger charge is -1.97. The van der Waals surface area contributed by atoms with Crippen molar-refractivity contribution in [2.75, 3.05) is 12.4 Å². The van der Waals surface area contributed by atoms with E-state index in [9.17, 15) is 4.39 Å². The number of thiazole rings is 2. The predicted molar refractivity (Wildman–Crippen MR) is 97.0 cm³/mol. The predicted octanol–water partition coefficient (Wildman–Crippen LogP) is 5.31. The van der Waals surface area contributed by atoms with Crippen LogP contribution in [0.2, 0.25) is 0 Å². The molecule has 0 spiro atoms. The molecule has 0 saturated carbocycles. The second-order valence-corrected chi connectivity index (χ2v) is 6.91. The number of nitrogens with zero attached hydrogens (tertiary/aromatic N) is 2. The number of rotatable bonds is 4. The zero-order chi connectivity index (χ0) is 16.5. The molecule has 0 fully saturated rings. The standard InChI is InChI=1S/C17H12FN3OS2/c1-22-12-6-7-15-13(8-12)19-17(24-15)21-16-20-14(9-23-16)10-2-4-11(18)5-3-10/h2-9H,1H3,(H,19,20,21). The van der Waals surface area contributed by atoms with Crippen molar-refractivity contribution in [2.24, 2.45) is 0 Å². The Morgan fingerprint density at radius 3 is 2.67 bits per heavy atom. The highest BCUT2D eigenvalue weighted by Gasteiger charge is 2.09. The molecule has 4 aromatic rings. The summed E-state index contributed by atoms with van der Waals surface area (Å²) in [5.41, 5.74) is 2.58. The van der Waals surface area contributed by atoms with Crippen molar-refractivity contribution >= 4 is 43.2 Å². The molecule has 0 aliphatic carbocycles. The minimum Gasteiger partial charge on any atom is -0.497 e. The van der Waals surface area contributed by atoms with Crippen molar-refractivity contribution in [1.82, 2.24) is 9.97 Å². The zero-order valence-electron chi connectivity index (χ0n) is 12.6. The van der Waals surface area contributed by atoms with Crippen molar-refractivity contribution in [3.05, 3.63) is 53.7 Å². The summed E-state index contributed by atoms with van der Waals surface area (Å²) < 4.78 is 19.3. The highest BCUT2D eigenvalue weighted by molar-refractivity contribution is 7.22.